The number of benzene rings is 2. The van der Waals surface area contributed by atoms with Crippen molar-refractivity contribution in [2.24, 2.45) is 4.99 Å². The Balaban J connectivity index is 1.47. The number of guanidine groups is 1. The van der Waals surface area contributed by atoms with Crippen LogP contribution in [0.5, 0.6) is 0 Å². The van der Waals surface area contributed by atoms with E-state index in [2.05, 4.69) is 25.6 Å². The summed E-state index contributed by atoms with van der Waals surface area (Å²) in [5, 5.41) is 15.8. The van der Waals surface area contributed by atoms with Crippen molar-refractivity contribution in [2.45, 2.75) is 6.10 Å². The van der Waals surface area contributed by atoms with Gasteiger partial charge in [0, 0.05) is 18.9 Å². The average molecular weight is 359 g/mol. The molecule has 2 heterocycles. The summed E-state index contributed by atoms with van der Waals surface area (Å²) in [5.41, 5.74) is 3.43. The Morgan fingerprint density at radius 1 is 1.07 bits per heavy atom. The number of aliphatic hydroxyl groups is 1. The highest BCUT2D eigenvalue weighted by Gasteiger charge is 2.20. The predicted molar refractivity (Wildman–Crippen MR) is 102 cm³/mol. The number of aromatic nitrogens is 2. The lowest BCUT2D eigenvalue weighted by atomic mass is 10.1. The Morgan fingerprint density at radius 3 is 2.67 bits per heavy atom. The van der Waals surface area contributed by atoms with Crippen LogP contribution in [0.1, 0.15) is 17.2 Å². The van der Waals surface area contributed by atoms with E-state index in [4.69, 9.17) is 0 Å². The molecule has 0 fully saturated rings. The Morgan fingerprint density at radius 2 is 1.85 bits per heavy atom. The fourth-order valence-electron chi connectivity index (χ4n) is 2.77. The van der Waals surface area contributed by atoms with Gasteiger partial charge in [0.15, 0.2) is 0 Å². The van der Waals surface area contributed by atoms with E-state index in [0.29, 0.717) is 5.96 Å². The van der Waals surface area contributed by atoms with Gasteiger partial charge in [-0.2, -0.15) is 0 Å². The molecule has 7 nitrogen and oxygen atoms in total. The third-order valence-electron chi connectivity index (χ3n) is 4.14. The molecule has 7 heteroatoms. The molecular formula is C20H17N5O2. The molecule has 3 N–H and O–H groups in total. The summed E-state index contributed by atoms with van der Waals surface area (Å²) in [7, 11) is 0. The minimum absolute atomic E-state index is 0.238. The Labute approximate surface area is 155 Å². The molecule has 1 aliphatic rings. The van der Waals surface area contributed by atoms with E-state index in [-0.39, 0.29) is 18.1 Å². The van der Waals surface area contributed by atoms with Gasteiger partial charge in [0.1, 0.15) is 5.70 Å². The number of nitrogens with one attached hydrogen (secondary N) is 2. The largest absolute Gasteiger partial charge is 0.387 e. The summed E-state index contributed by atoms with van der Waals surface area (Å²) < 4.78 is 0. The zero-order valence-corrected chi connectivity index (χ0v) is 14.3. The minimum Gasteiger partial charge on any atom is -0.387 e. The van der Waals surface area contributed by atoms with E-state index in [1.165, 1.54) is 0 Å². The van der Waals surface area contributed by atoms with Crippen LogP contribution in [0.3, 0.4) is 0 Å². The van der Waals surface area contributed by atoms with Gasteiger partial charge in [-0.15, -0.1) is 0 Å². The maximum absolute atomic E-state index is 12.1. The first-order valence-electron chi connectivity index (χ1n) is 8.48. The number of nitrogens with zero attached hydrogens (tertiary/aromatic N) is 3. The van der Waals surface area contributed by atoms with Crippen LogP contribution in [0.15, 0.2) is 71.6 Å². The SMILES string of the molecule is O=C1NC(NCC(O)c2ccccc2)=N/C1=C\c1ccc2nccnc2c1. The average Bonchev–Trinajstić information content (AvgIpc) is 3.06. The number of hydrogen-bond acceptors (Lipinski definition) is 6. The van der Waals surface area contributed by atoms with Gasteiger partial charge in [-0.1, -0.05) is 36.4 Å². The lowest BCUT2D eigenvalue weighted by Crippen LogP contribution is -2.38. The van der Waals surface area contributed by atoms with Crippen molar-refractivity contribution in [3.05, 3.63) is 77.7 Å². The van der Waals surface area contributed by atoms with Crippen LogP contribution in [0, 0.1) is 0 Å². The molecule has 2 aromatic carbocycles. The Hall–Kier alpha value is -3.58. The molecule has 1 aliphatic heterocycles. The van der Waals surface area contributed by atoms with Gasteiger partial charge in [-0.25, -0.2) is 4.99 Å². The van der Waals surface area contributed by atoms with Gasteiger partial charge in [-0.05, 0) is 29.3 Å². The van der Waals surface area contributed by atoms with Gasteiger partial charge in [0.25, 0.3) is 5.91 Å². The number of carbonyl (C=O) groups is 1. The first-order chi connectivity index (χ1) is 13.2. The van der Waals surface area contributed by atoms with Crippen LogP contribution in [0.2, 0.25) is 0 Å². The van der Waals surface area contributed by atoms with Crippen LogP contribution >= 0.6 is 0 Å². The van der Waals surface area contributed by atoms with Crippen molar-refractivity contribution in [1.82, 2.24) is 20.6 Å². The third-order valence-corrected chi connectivity index (χ3v) is 4.14. The number of rotatable bonds is 4. The standard InChI is InChI=1S/C20H17N5O2/c26-18(14-4-2-1-3-5-14)12-23-20-24-17(19(27)25-20)11-13-6-7-15-16(10-13)22-9-8-21-15/h1-11,18,26H,12H2,(H2,23,24,25,27)/b17-11-. The summed E-state index contributed by atoms with van der Waals surface area (Å²) in [4.78, 5) is 24.9. The molecule has 1 aromatic heterocycles. The number of amides is 1. The maximum atomic E-state index is 12.1. The first-order valence-corrected chi connectivity index (χ1v) is 8.48. The fraction of sp³-hybridized carbons (Fsp3) is 0.100. The third kappa shape index (κ3) is 3.83. The number of fused-ring (bicyclic) bond motifs is 1. The molecule has 1 unspecified atom stereocenters. The highest BCUT2D eigenvalue weighted by Crippen LogP contribution is 2.16. The van der Waals surface area contributed by atoms with Crippen LogP contribution in [0.4, 0.5) is 0 Å². The van der Waals surface area contributed by atoms with E-state index in [0.717, 1.165) is 22.2 Å². The monoisotopic (exact) mass is 359 g/mol. The molecule has 4 rings (SSSR count). The van der Waals surface area contributed by atoms with E-state index in [1.807, 2.05) is 48.5 Å². The highest BCUT2D eigenvalue weighted by molar-refractivity contribution is 6.13. The number of aliphatic imine (C=N–C) groups is 1. The Bertz CT molecular complexity index is 1050. The van der Waals surface area contributed by atoms with Gasteiger partial charge < -0.3 is 10.4 Å². The lowest BCUT2D eigenvalue weighted by molar-refractivity contribution is -0.115. The molecule has 0 saturated heterocycles. The van der Waals surface area contributed by atoms with E-state index < -0.39 is 6.10 Å². The molecule has 0 radical (unpaired) electrons. The molecule has 0 bridgehead atoms. The predicted octanol–water partition coefficient (Wildman–Crippen LogP) is 1.78. The second-order valence-corrected chi connectivity index (χ2v) is 6.06. The van der Waals surface area contributed by atoms with Gasteiger partial charge in [0.05, 0.1) is 17.1 Å². The molecule has 134 valence electrons. The first kappa shape index (κ1) is 16.9. The van der Waals surface area contributed by atoms with Crippen LogP contribution in [0.25, 0.3) is 17.1 Å². The summed E-state index contributed by atoms with van der Waals surface area (Å²) >= 11 is 0. The summed E-state index contributed by atoms with van der Waals surface area (Å²) in [5.74, 6) is 0.0211. The number of carbonyl (C=O) groups excluding carboxylic acids is 1. The second kappa shape index (κ2) is 7.35. The van der Waals surface area contributed by atoms with Crippen molar-refractivity contribution in [3.63, 3.8) is 0 Å². The molecule has 1 amide bonds. The van der Waals surface area contributed by atoms with Crippen LogP contribution < -0.4 is 10.6 Å². The highest BCUT2D eigenvalue weighted by atomic mass is 16.3. The van der Waals surface area contributed by atoms with Crippen LogP contribution in [-0.2, 0) is 4.79 Å². The van der Waals surface area contributed by atoms with Crippen molar-refractivity contribution in [2.75, 3.05) is 6.54 Å². The van der Waals surface area contributed by atoms with Gasteiger partial charge in [-0.3, -0.25) is 20.1 Å². The van der Waals surface area contributed by atoms with E-state index in [1.54, 1.807) is 18.5 Å². The molecule has 0 aliphatic carbocycles. The molecule has 1 atom stereocenters. The normalized spacial score (nSPS) is 16.3. The quantitative estimate of drug-likeness (QED) is 0.617. The zero-order chi connectivity index (χ0) is 18.6. The van der Waals surface area contributed by atoms with E-state index in [9.17, 15) is 9.90 Å². The second-order valence-electron chi connectivity index (χ2n) is 6.06. The molecule has 0 saturated carbocycles. The Kier molecular flexibility index (Phi) is 4.59. The maximum Gasteiger partial charge on any atom is 0.276 e. The molecular weight excluding hydrogens is 342 g/mol. The molecule has 0 spiro atoms. The van der Waals surface area contributed by atoms with E-state index >= 15 is 0 Å². The summed E-state index contributed by atoms with van der Waals surface area (Å²) in [6.07, 6.45) is 4.25. The topological polar surface area (TPSA) is 99.5 Å². The van der Waals surface area contributed by atoms with Gasteiger partial charge in [0.2, 0.25) is 5.96 Å². The van der Waals surface area contributed by atoms with Crippen molar-refractivity contribution in [1.29, 1.82) is 0 Å². The zero-order valence-electron chi connectivity index (χ0n) is 14.3. The summed E-state index contributed by atoms with van der Waals surface area (Å²) in [6.45, 7) is 0.238. The number of hydrogen-bond donors (Lipinski definition) is 3. The molecule has 27 heavy (non-hydrogen) atoms. The minimum atomic E-state index is -0.696. The van der Waals surface area contributed by atoms with Crippen molar-refractivity contribution < 1.29 is 9.90 Å². The number of aliphatic hydroxyl groups excluding tert-OH is 1. The van der Waals surface area contributed by atoms with Crippen molar-refractivity contribution in [3.8, 4) is 0 Å². The smallest absolute Gasteiger partial charge is 0.276 e. The van der Waals surface area contributed by atoms with Gasteiger partial charge >= 0.3 is 0 Å². The molecule has 3 aromatic rings. The van der Waals surface area contributed by atoms with Crippen molar-refractivity contribution >= 4 is 29.0 Å². The van der Waals surface area contributed by atoms with Crippen LogP contribution in [-0.4, -0.2) is 33.5 Å². The fourth-order valence-corrected chi connectivity index (χ4v) is 2.77. The summed E-state index contributed by atoms with van der Waals surface area (Å²) in [6, 6.07) is 14.9. The lowest BCUT2D eigenvalue weighted by Gasteiger charge is -2.12.